The first kappa shape index (κ1) is 20.3. The molecule has 8 heteroatoms. The predicted octanol–water partition coefficient (Wildman–Crippen LogP) is 3.54. The Morgan fingerprint density at radius 1 is 1.07 bits per heavy atom. The fourth-order valence-electron chi connectivity index (χ4n) is 2.73. The molecule has 0 unspecified atom stereocenters. The molecule has 1 N–H and O–H groups in total. The van der Waals surface area contributed by atoms with Crippen molar-refractivity contribution in [3.63, 3.8) is 0 Å². The number of nitrogens with zero attached hydrogens (tertiary/aromatic N) is 2. The second-order valence-corrected chi connectivity index (χ2v) is 6.80. The van der Waals surface area contributed by atoms with Gasteiger partial charge >= 0.3 is 5.97 Å². The quantitative estimate of drug-likeness (QED) is 0.663. The molecule has 0 saturated heterocycles. The van der Waals surface area contributed by atoms with Crippen LogP contribution < -0.4 is 10.7 Å². The van der Waals surface area contributed by atoms with Crippen molar-refractivity contribution in [2.75, 3.05) is 12.4 Å². The maximum atomic E-state index is 12.8. The van der Waals surface area contributed by atoms with E-state index in [0.29, 0.717) is 22.1 Å². The van der Waals surface area contributed by atoms with Gasteiger partial charge in [-0.3, -0.25) is 9.59 Å². The van der Waals surface area contributed by atoms with Crippen LogP contribution in [0, 0.1) is 13.8 Å². The van der Waals surface area contributed by atoms with Gasteiger partial charge in [-0.15, -0.1) is 0 Å². The smallest absolute Gasteiger partial charge is 0.337 e. The number of methoxy groups -OCH3 is 1. The molecule has 3 rings (SSSR count). The Labute approximate surface area is 171 Å². The molecular formula is C21H18ClN3O4. The molecule has 0 spiro atoms. The molecule has 1 aromatic heterocycles. The molecule has 0 saturated carbocycles. The van der Waals surface area contributed by atoms with Gasteiger partial charge in [-0.2, -0.15) is 5.10 Å². The maximum absolute atomic E-state index is 12.8. The van der Waals surface area contributed by atoms with Gasteiger partial charge in [-0.05, 0) is 55.8 Å². The maximum Gasteiger partial charge on any atom is 0.337 e. The van der Waals surface area contributed by atoms with Crippen LogP contribution in [0.4, 0.5) is 5.69 Å². The van der Waals surface area contributed by atoms with Gasteiger partial charge in [-0.1, -0.05) is 17.7 Å². The molecule has 1 amide bonds. The molecule has 3 aromatic rings. The zero-order valence-electron chi connectivity index (χ0n) is 16.0. The van der Waals surface area contributed by atoms with Crippen molar-refractivity contribution < 1.29 is 14.3 Å². The average molecular weight is 412 g/mol. The van der Waals surface area contributed by atoms with Gasteiger partial charge in [0, 0.05) is 22.5 Å². The number of carbonyl (C=O) groups is 2. The third-order valence-electron chi connectivity index (χ3n) is 4.30. The topological polar surface area (TPSA) is 90.3 Å². The first-order chi connectivity index (χ1) is 13.8. The van der Waals surface area contributed by atoms with E-state index < -0.39 is 17.3 Å². The van der Waals surface area contributed by atoms with Crippen molar-refractivity contribution in [3.8, 4) is 5.69 Å². The number of esters is 1. The summed E-state index contributed by atoms with van der Waals surface area (Å²) >= 11 is 5.92. The van der Waals surface area contributed by atoms with Crippen LogP contribution >= 0.6 is 11.6 Å². The minimum Gasteiger partial charge on any atom is -0.465 e. The third kappa shape index (κ3) is 4.35. The minimum atomic E-state index is -0.678. The van der Waals surface area contributed by atoms with Crippen molar-refractivity contribution in [1.82, 2.24) is 9.78 Å². The SMILES string of the molecule is COC(=O)c1ccc(C)c(NC(=O)c2nn(-c3ccc(Cl)cc3)c(C)cc2=O)c1. The van der Waals surface area contributed by atoms with Crippen molar-refractivity contribution >= 4 is 29.2 Å². The second kappa shape index (κ2) is 8.28. The molecule has 148 valence electrons. The molecule has 1 heterocycles. The number of anilines is 1. The lowest BCUT2D eigenvalue weighted by Crippen LogP contribution is -2.27. The molecule has 0 radical (unpaired) electrons. The van der Waals surface area contributed by atoms with Crippen LogP contribution in [-0.4, -0.2) is 28.8 Å². The number of aryl methyl sites for hydroxylation is 2. The second-order valence-electron chi connectivity index (χ2n) is 6.36. The minimum absolute atomic E-state index is 0.270. The lowest BCUT2D eigenvalue weighted by Gasteiger charge is -2.13. The van der Waals surface area contributed by atoms with Crippen molar-refractivity contribution in [1.29, 1.82) is 0 Å². The molecule has 0 aliphatic carbocycles. The summed E-state index contributed by atoms with van der Waals surface area (Å²) in [7, 11) is 1.27. The van der Waals surface area contributed by atoms with Crippen LogP contribution in [0.5, 0.6) is 0 Å². The number of ether oxygens (including phenoxy) is 1. The van der Waals surface area contributed by atoms with Gasteiger partial charge in [0.1, 0.15) is 0 Å². The van der Waals surface area contributed by atoms with Gasteiger partial charge in [0.2, 0.25) is 5.43 Å². The highest BCUT2D eigenvalue weighted by atomic mass is 35.5. The summed E-state index contributed by atoms with van der Waals surface area (Å²) < 4.78 is 6.19. The Bertz CT molecular complexity index is 1150. The van der Waals surface area contributed by atoms with E-state index in [-0.39, 0.29) is 11.3 Å². The van der Waals surface area contributed by atoms with E-state index in [2.05, 4.69) is 10.4 Å². The number of amides is 1. The molecule has 2 aromatic carbocycles. The summed E-state index contributed by atoms with van der Waals surface area (Å²) in [6, 6.07) is 13.0. The number of nitrogens with one attached hydrogen (secondary N) is 1. The van der Waals surface area contributed by atoms with Crippen LogP contribution in [0.15, 0.2) is 53.3 Å². The van der Waals surface area contributed by atoms with Crippen molar-refractivity contribution in [2.24, 2.45) is 0 Å². The van der Waals surface area contributed by atoms with Gasteiger partial charge in [0.15, 0.2) is 5.69 Å². The number of hydrogen-bond acceptors (Lipinski definition) is 5. The lowest BCUT2D eigenvalue weighted by molar-refractivity contribution is 0.0600. The van der Waals surface area contributed by atoms with Crippen LogP contribution in [-0.2, 0) is 4.74 Å². The number of carbonyl (C=O) groups excluding carboxylic acids is 2. The van der Waals surface area contributed by atoms with E-state index in [4.69, 9.17) is 16.3 Å². The number of benzene rings is 2. The third-order valence-corrected chi connectivity index (χ3v) is 4.55. The Morgan fingerprint density at radius 3 is 2.41 bits per heavy atom. The Kier molecular flexibility index (Phi) is 5.79. The summed E-state index contributed by atoms with van der Waals surface area (Å²) in [5, 5.41) is 7.44. The van der Waals surface area contributed by atoms with Gasteiger partial charge in [0.05, 0.1) is 18.4 Å². The standard InChI is InChI=1S/C21H18ClN3O4/c1-12-4-5-14(21(28)29-3)11-17(12)23-20(27)19-18(26)10-13(2)25(24-19)16-8-6-15(22)7-9-16/h4-11H,1-3H3,(H,23,27). The molecule has 0 atom stereocenters. The molecule has 0 aliphatic heterocycles. The fourth-order valence-corrected chi connectivity index (χ4v) is 2.86. The Hall–Kier alpha value is -3.45. The molecule has 29 heavy (non-hydrogen) atoms. The summed E-state index contributed by atoms with van der Waals surface area (Å²) in [5.74, 6) is -1.21. The van der Waals surface area contributed by atoms with Crippen LogP contribution in [0.2, 0.25) is 5.02 Å². The van der Waals surface area contributed by atoms with Gasteiger partial charge in [0.25, 0.3) is 5.91 Å². The van der Waals surface area contributed by atoms with E-state index in [1.165, 1.54) is 23.9 Å². The molecular weight excluding hydrogens is 394 g/mol. The zero-order valence-corrected chi connectivity index (χ0v) is 16.8. The molecule has 7 nitrogen and oxygen atoms in total. The Morgan fingerprint density at radius 2 is 1.76 bits per heavy atom. The number of halogens is 1. The molecule has 0 bridgehead atoms. The lowest BCUT2D eigenvalue weighted by atomic mass is 10.1. The normalized spacial score (nSPS) is 10.5. The van der Waals surface area contributed by atoms with E-state index in [0.717, 1.165) is 5.56 Å². The highest BCUT2D eigenvalue weighted by Gasteiger charge is 2.17. The van der Waals surface area contributed by atoms with Gasteiger partial charge < -0.3 is 10.1 Å². The van der Waals surface area contributed by atoms with Crippen LogP contribution in [0.1, 0.15) is 32.1 Å². The largest absolute Gasteiger partial charge is 0.465 e. The first-order valence-corrected chi connectivity index (χ1v) is 9.05. The zero-order chi connectivity index (χ0) is 21.1. The number of hydrogen-bond donors (Lipinski definition) is 1. The summed E-state index contributed by atoms with van der Waals surface area (Å²) in [6.45, 7) is 3.49. The highest BCUT2D eigenvalue weighted by molar-refractivity contribution is 6.30. The summed E-state index contributed by atoms with van der Waals surface area (Å²) in [6.07, 6.45) is 0. The highest BCUT2D eigenvalue weighted by Crippen LogP contribution is 2.18. The number of rotatable bonds is 4. The molecule has 0 fully saturated rings. The Balaban J connectivity index is 1.98. The van der Waals surface area contributed by atoms with Crippen LogP contribution in [0.25, 0.3) is 5.69 Å². The number of aromatic nitrogens is 2. The van der Waals surface area contributed by atoms with E-state index >= 15 is 0 Å². The van der Waals surface area contributed by atoms with E-state index in [1.54, 1.807) is 50.2 Å². The van der Waals surface area contributed by atoms with Crippen LogP contribution in [0.3, 0.4) is 0 Å². The molecule has 0 aliphatic rings. The summed E-state index contributed by atoms with van der Waals surface area (Å²) in [4.78, 5) is 36.9. The van der Waals surface area contributed by atoms with Crippen molar-refractivity contribution in [2.45, 2.75) is 13.8 Å². The monoisotopic (exact) mass is 411 g/mol. The average Bonchev–Trinajstić information content (AvgIpc) is 2.70. The summed E-state index contributed by atoms with van der Waals surface area (Å²) in [5.41, 5.74) is 1.83. The first-order valence-electron chi connectivity index (χ1n) is 8.67. The fraction of sp³-hybridized carbons (Fsp3) is 0.143. The predicted molar refractivity (Wildman–Crippen MR) is 110 cm³/mol. The van der Waals surface area contributed by atoms with Crippen molar-refractivity contribution in [3.05, 3.63) is 86.3 Å². The van der Waals surface area contributed by atoms with E-state index in [9.17, 15) is 14.4 Å². The van der Waals surface area contributed by atoms with E-state index in [1.807, 2.05) is 0 Å². The van der Waals surface area contributed by atoms with Gasteiger partial charge in [-0.25, -0.2) is 9.48 Å².